The van der Waals surface area contributed by atoms with Crippen LogP contribution in [0.25, 0.3) is 0 Å². The Morgan fingerprint density at radius 1 is 1.06 bits per heavy atom. The van der Waals surface area contributed by atoms with Crippen LogP contribution in [0.1, 0.15) is 26.3 Å². The third-order valence-corrected chi connectivity index (χ3v) is 5.69. The van der Waals surface area contributed by atoms with Crippen LogP contribution in [0.5, 0.6) is 5.75 Å². The number of rotatable bonds is 9. The number of fused-ring (bicyclic) bond motifs is 1. The number of ketones is 1. The summed E-state index contributed by atoms with van der Waals surface area (Å²) in [6.07, 6.45) is 1.41. The third-order valence-electron chi connectivity index (χ3n) is 5.69. The van der Waals surface area contributed by atoms with Gasteiger partial charge >= 0.3 is 6.09 Å². The second-order valence-electron chi connectivity index (χ2n) is 8.43. The second kappa shape index (κ2) is 12.3. The predicted octanol–water partition coefficient (Wildman–Crippen LogP) is 2.32. The molecule has 0 fully saturated rings. The molecule has 1 aromatic heterocycles. The lowest BCUT2D eigenvalue weighted by atomic mass is 9.90. The maximum absolute atomic E-state index is 13.7. The highest BCUT2D eigenvalue weighted by Crippen LogP contribution is 2.26. The summed E-state index contributed by atoms with van der Waals surface area (Å²) in [5.41, 5.74) is 0.951. The Bertz CT molecular complexity index is 963. The van der Waals surface area contributed by atoms with Crippen LogP contribution in [-0.4, -0.2) is 54.0 Å². The molecule has 2 aromatic rings. The summed E-state index contributed by atoms with van der Waals surface area (Å²) >= 11 is 0. The predicted molar refractivity (Wildman–Crippen MR) is 132 cm³/mol. The molecule has 0 saturated carbocycles. The number of carbonyl (C=O) groups excluding carboxylic acids is 3. The van der Waals surface area contributed by atoms with E-state index in [-0.39, 0.29) is 30.0 Å². The number of carbonyl (C=O) groups is 3. The first-order valence-electron chi connectivity index (χ1n) is 11.0. The van der Waals surface area contributed by atoms with Crippen LogP contribution >= 0.6 is 12.4 Å². The zero-order valence-electron chi connectivity index (χ0n) is 19.7. The molecule has 0 radical (unpaired) electrons. The summed E-state index contributed by atoms with van der Waals surface area (Å²) in [5.74, 6) is 0.243. The molecule has 1 aromatic carbocycles. The van der Waals surface area contributed by atoms with Crippen molar-refractivity contribution in [3.8, 4) is 5.75 Å². The van der Waals surface area contributed by atoms with Crippen molar-refractivity contribution in [3.63, 3.8) is 0 Å². The molecule has 4 atom stereocenters. The van der Waals surface area contributed by atoms with E-state index in [0.29, 0.717) is 18.0 Å². The van der Waals surface area contributed by atoms with Crippen molar-refractivity contribution in [2.45, 2.75) is 51.4 Å². The lowest BCUT2D eigenvalue weighted by Crippen LogP contribution is -2.60. The molecule has 34 heavy (non-hydrogen) atoms. The molecule has 0 spiro atoms. The van der Waals surface area contributed by atoms with E-state index in [1.165, 1.54) is 0 Å². The fraction of sp³-hybridized carbons (Fsp3) is 0.417. The lowest BCUT2D eigenvalue weighted by molar-refractivity contribution is -0.130. The number of para-hydroxylation sites is 1. The Hall–Kier alpha value is -3.17. The van der Waals surface area contributed by atoms with Crippen LogP contribution in [0.4, 0.5) is 10.6 Å². The highest BCUT2D eigenvalue weighted by molar-refractivity contribution is 5.96. The molecule has 0 saturated heterocycles. The zero-order valence-corrected chi connectivity index (χ0v) is 20.5. The highest BCUT2D eigenvalue weighted by atomic mass is 35.5. The van der Waals surface area contributed by atoms with Crippen LogP contribution in [0.3, 0.4) is 0 Å². The normalized spacial score (nSPS) is 16.8. The van der Waals surface area contributed by atoms with Crippen LogP contribution < -0.4 is 26.0 Å². The van der Waals surface area contributed by atoms with E-state index < -0.39 is 30.3 Å². The van der Waals surface area contributed by atoms with Gasteiger partial charge in [0.2, 0.25) is 5.91 Å². The number of Topliss-reactive ketones (excluding diaryl/α,β-unsaturated/α-hetero) is 1. The fourth-order valence-electron chi connectivity index (χ4n) is 3.69. The summed E-state index contributed by atoms with van der Waals surface area (Å²) in [6.45, 7) is 5.42. The van der Waals surface area contributed by atoms with E-state index in [0.717, 1.165) is 5.56 Å². The smallest absolute Gasteiger partial charge is 0.410 e. The standard InChI is InChI=1S/C24H31N5O4.ClH/c1-14(2)19(28-23(31)15(3)25-4)21(30)20(18-13-16-9-8-12-26-22(16)27-18)29-24(32)33-17-10-6-5-7-11-17;/h5-12,14-15,18-20,25H,13H2,1-4H3,(H,26,27)(H,28,31)(H,29,32);1H/t15?,18?,19?,20-;/m0./s1. The van der Waals surface area contributed by atoms with E-state index in [2.05, 4.69) is 26.3 Å². The minimum absolute atomic E-state index is 0. The van der Waals surface area contributed by atoms with Crippen molar-refractivity contribution < 1.29 is 19.1 Å². The van der Waals surface area contributed by atoms with Gasteiger partial charge in [-0.2, -0.15) is 0 Å². The monoisotopic (exact) mass is 489 g/mol. The lowest BCUT2D eigenvalue weighted by Gasteiger charge is -2.30. The van der Waals surface area contributed by atoms with E-state index in [1.54, 1.807) is 44.4 Å². The fourth-order valence-corrected chi connectivity index (χ4v) is 3.69. The van der Waals surface area contributed by atoms with Gasteiger partial charge in [0.05, 0.1) is 18.1 Å². The molecule has 0 aliphatic carbocycles. The van der Waals surface area contributed by atoms with Gasteiger partial charge in [-0.3, -0.25) is 9.59 Å². The van der Waals surface area contributed by atoms with E-state index in [1.807, 2.05) is 32.0 Å². The van der Waals surface area contributed by atoms with Crippen molar-refractivity contribution in [2.75, 3.05) is 12.4 Å². The number of anilines is 1. The number of pyridine rings is 1. The van der Waals surface area contributed by atoms with Crippen molar-refractivity contribution >= 4 is 36.0 Å². The average molecular weight is 490 g/mol. The maximum atomic E-state index is 13.7. The summed E-state index contributed by atoms with van der Waals surface area (Å²) in [7, 11) is 1.67. The van der Waals surface area contributed by atoms with Gasteiger partial charge in [-0.15, -0.1) is 12.4 Å². The Kier molecular flexibility index (Phi) is 9.83. The molecule has 10 heteroatoms. The van der Waals surface area contributed by atoms with Crippen LogP contribution in [-0.2, 0) is 16.0 Å². The number of amides is 2. The topological polar surface area (TPSA) is 121 Å². The number of nitrogens with zero attached hydrogens (tertiary/aromatic N) is 1. The van der Waals surface area contributed by atoms with E-state index in [9.17, 15) is 14.4 Å². The summed E-state index contributed by atoms with van der Waals surface area (Å²) in [6, 6.07) is 9.71. The first-order valence-corrected chi connectivity index (χ1v) is 11.0. The summed E-state index contributed by atoms with van der Waals surface area (Å²) < 4.78 is 5.37. The van der Waals surface area contributed by atoms with Gasteiger partial charge in [-0.05, 0) is 50.1 Å². The van der Waals surface area contributed by atoms with Gasteiger partial charge in [0.25, 0.3) is 0 Å². The molecule has 0 bridgehead atoms. The van der Waals surface area contributed by atoms with E-state index >= 15 is 0 Å². The van der Waals surface area contributed by atoms with Crippen molar-refractivity contribution in [1.29, 1.82) is 0 Å². The first kappa shape index (κ1) is 27.1. The highest BCUT2D eigenvalue weighted by Gasteiger charge is 2.40. The number of halogens is 1. The van der Waals surface area contributed by atoms with Crippen LogP contribution in [0.2, 0.25) is 0 Å². The second-order valence-corrected chi connectivity index (χ2v) is 8.43. The maximum Gasteiger partial charge on any atom is 0.413 e. The molecule has 4 N–H and O–H groups in total. The minimum Gasteiger partial charge on any atom is -0.410 e. The zero-order chi connectivity index (χ0) is 24.0. The van der Waals surface area contributed by atoms with Gasteiger partial charge in [0.15, 0.2) is 5.78 Å². The van der Waals surface area contributed by atoms with Gasteiger partial charge in [0.1, 0.15) is 17.6 Å². The number of hydrogen-bond acceptors (Lipinski definition) is 7. The number of nitrogens with one attached hydrogen (secondary N) is 4. The van der Waals surface area contributed by atoms with Crippen LogP contribution in [0.15, 0.2) is 48.7 Å². The SMILES string of the molecule is CNC(C)C(=O)NC(C(=O)[C@@H](NC(=O)Oc1ccccc1)C1Cc2cccnc2N1)C(C)C.Cl. The third kappa shape index (κ3) is 6.68. The molecule has 3 unspecified atom stereocenters. The largest absolute Gasteiger partial charge is 0.413 e. The summed E-state index contributed by atoms with van der Waals surface area (Å²) in [4.78, 5) is 43.2. The minimum atomic E-state index is -0.951. The Morgan fingerprint density at radius 2 is 1.76 bits per heavy atom. The molecule has 3 rings (SSSR count). The number of benzene rings is 1. The van der Waals surface area contributed by atoms with Crippen molar-refractivity contribution in [2.24, 2.45) is 5.92 Å². The molecule has 184 valence electrons. The molecule has 1 aliphatic heterocycles. The molecular weight excluding hydrogens is 458 g/mol. The molecule has 2 amide bonds. The average Bonchev–Trinajstić information content (AvgIpc) is 3.24. The number of aromatic nitrogens is 1. The molecule has 9 nitrogen and oxygen atoms in total. The number of likely N-dealkylation sites (N-methyl/N-ethyl adjacent to an activating group) is 1. The molecular formula is C24H32ClN5O4. The van der Waals surface area contributed by atoms with Crippen molar-refractivity contribution in [1.82, 2.24) is 20.9 Å². The quantitative estimate of drug-likeness (QED) is 0.426. The van der Waals surface area contributed by atoms with Crippen LogP contribution in [0, 0.1) is 5.92 Å². The summed E-state index contributed by atoms with van der Waals surface area (Å²) in [5, 5.41) is 11.7. The van der Waals surface area contributed by atoms with Gasteiger partial charge < -0.3 is 26.0 Å². The molecule has 2 heterocycles. The van der Waals surface area contributed by atoms with E-state index in [4.69, 9.17) is 4.74 Å². The van der Waals surface area contributed by atoms with Gasteiger partial charge in [-0.25, -0.2) is 9.78 Å². The van der Waals surface area contributed by atoms with Gasteiger partial charge in [-0.1, -0.05) is 38.1 Å². The first-order chi connectivity index (χ1) is 15.8. The Labute approximate surface area is 205 Å². The van der Waals surface area contributed by atoms with Gasteiger partial charge in [0, 0.05) is 6.20 Å². The number of ether oxygens (including phenoxy) is 1. The number of hydrogen-bond donors (Lipinski definition) is 4. The Morgan fingerprint density at radius 3 is 2.38 bits per heavy atom. The Balaban J connectivity index is 0.00000408. The van der Waals surface area contributed by atoms with Crippen molar-refractivity contribution in [3.05, 3.63) is 54.2 Å². The molecule has 1 aliphatic rings.